The van der Waals surface area contributed by atoms with E-state index in [4.69, 9.17) is 0 Å². The first-order valence-electron chi connectivity index (χ1n) is 12.2. The van der Waals surface area contributed by atoms with Crippen LogP contribution >= 0.6 is 0 Å². The van der Waals surface area contributed by atoms with Gasteiger partial charge >= 0.3 is 0 Å². The summed E-state index contributed by atoms with van der Waals surface area (Å²) in [6, 6.07) is 9.09. The lowest BCUT2D eigenvalue weighted by Crippen LogP contribution is -2.22. The van der Waals surface area contributed by atoms with Crippen LogP contribution in [0, 0.1) is 5.82 Å². The normalized spacial score (nSPS) is 11.2. The first kappa shape index (κ1) is 25.7. The largest absolute Gasteiger partial charge is 0.392 e. The zero-order valence-corrected chi connectivity index (χ0v) is 21.5. The second-order valence-corrected chi connectivity index (χ2v) is 9.03. The van der Waals surface area contributed by atoms with E-state index >= 15 is 0 Å². The Morgan fingerprint density at radius 3 is 2.62 bits per heavy atom. The fraction of sp³-hybridized carbons (Fsp3) is 0.179. The Balaban J connectivity index is 1.65. The van der Waals surface area contributed by atoms with Gasteiger partial charge in [-0.1, -0.05) is 12.1 Å². The van der Waals surface area contributed by atoms with Gasteiger partial charge in [-0.3, -0.25) is 23.6 Å². The molecule has 5 aromatic rings. The molecule has 0 aliphatic carbocycles. The summed E-state index contributed by atoms with van der Waals surface area (Å²) in [7, 11) is 1.59. The highest BCUT2D eigenvalue weighted by Gasteiger charge is 2.18. The monoisotopic (exact) mass is 528 g/mol. The quantitative estimate of drug-likeness (QED) is 0.310. The Morgan fingerprint density at radius 2 is 1.92 bits per heavy atom. The van der Waals surface area contributed by atoms with E-state index in [9.17, 15) is 23.9 Å². The molecule has 198 valence electrons. The number of aryl methyl sites for hydroxylation is 2. The number of aliphatic hydroxyl groups excluding tert-OH is 1. The predicted molar refractivity (Wildman–Crippen MR) is 145 cm³/mol. The third-order valence-corrected chi connectivity index (χ3v) is 6.50. The average molecular weight is 529 g/mol. The molecule has 0 fully saturated rings. The molecule has 0 bridgehead atoms. The van der Waals surface area contributed by atoms with Crippen LogP contribution in [0.2, 0.25) is 0 Å². The molecule has 0 amide bonds. The van der Waals surface area contributed by atoms with Crippen LogP contribution in [0.3, 0.4) is 0 Å². The van der Waals surface area contributed by atoms with Crippen molar-refractivity contribution in [1.82, 2.24) is 23.9 Å². The number of Topliss-reactive ketones (excluding diaryl/α,β-unsaturated/α-hetero) is 1. The van der Waals surface area contributed by atoms with Gasteiger partial charge in [-0.05, 0) is 43.5 Å². The second kappa shape index (κ2) is 10.1. The fourth-order valence-electron chi connectivity index (χ4n) is 4.48. The van der Waals surface area contributed by atoms with Gasteiger partial charge in [0.05, 0.1) is 35.3 Å². The van der Waals surface area contributed by atoms with Gasteiger partial charge in [-0.15, -0.1) is 0 Å². The van der Waals surface area contributed by atoms with Gasteiger partial charge in [0.15, 0.2) is 11.6 Å². The topological polar surface area (TPSA) is 124 Å². The summed E-state index contributed by atoms with van der Waals surface area (Å²) in [6.07, 6.45) is 6.34. The summed E-state index contributed by atoms with van der Waals surface area (Å²) < 4.78 is 19.3. The number of anilines is 2. The molecule has 0 saturated heterocycles. The number of benzene rings is 2. The minimum absolute atomic E-state index is 0.0613. The standard InChI is InChI=1S/C28H25FN6O4/c1-4-34-13-19(12-30-34)31-26-28(39)33(3)14-23(32-26)20-6-5-7-24(21(20)15-36)35-9-8-17-10-18(16(2)37)11-22(29)25(17)27(35)38/h5-14,36H,4,15H2,1-3H3,(H,31,32). The van der Waals surface area contributed by atoms with E-state index in [-0.39, 0.29) is 28.1 Å². The second-order valence-electron chi connectivity index (χ2n) is 9.03. The number of hydrogen-bond acceptors (Lipinski definition) is 7. The van der Waals surface area contributed by atoms with Gasteiger partial charge in [0, 0.05) is 48.9 Å². The highest BCUT2D eigenvalue weighted by molar-refractivity contribution is 5.98. The van der Waals surface area contributed by atoms with Gasteiger partial charge in [-0.2, -0.15) is 5.10 Å². The maximum atomic E-state index is 14.9. The summed E-state index contributed by atoms with van der Waals surface area (Å²) in [5.41, 5.74) is 1.29. The van der Waals surface area contributed by atoms with Crippen molar-refractivity contribution >= 4 is 28.1 Å². The van der Waals surface area contributed by atoms with Crippen molar-refractivity contribution in [2.24, 2.45) is 7.05 Å². The highest BCUT2D eigenvalue weighted by atomic mass is 19.1. The molecule has 10 nitrogen and oxygen atoms in total. The number of halogens is 1. The number of rotatable bonds is 7. The Labute approximate surface area is 221 Å². The molecule has 0 unspecified atom stereocenters. The number of hydrogen-bond donors (Lipinski definition) is 2. The fourth-order valence-corrected chi connectivity index (χ4v) is 4.48. The van der Waals surface area contributed by atoms with Gasteiger partial charge < -0.3 is 15.0 Å². The number of fused-ring (bicyclic) bond motifs is 1. The lowest BCUT2D eigenvalue weighted by molar-refractivity contribution is 0.101. The Hall–Kier alpha value is -4.90. The zero-order chi connectivity index (χ0) is 27.8. The molecule has 2 N–H and O–H groups in total. The Morgan fingerprint density at radius 1 is 1.13 bits per heavy atom. The summed E-state index contributed by atoms with van der Waals surface area (Å²) in [5.74, 6) is -1.06. The molecule has 39 heavy (non-hydrogen) atoms. The summed E-state index contributed by atoms with van der Waals surface area (Å²) >= 11 is 0. The van der Waals surface area contributed by atoms with Crippen LogP contribution in [0.25, 0.3) is 27.7 Å². The molecule has 3 aromatic heterocycles. The number of carbonyl (C=O) groups is 1. The van der Waals surface area contributed by atoms with Crippen LogP contribution in [0.1, 0.15) is 29.8 Å². The lowest BCUT2D eigenvalue weighted by atomic mass is 10.0. The maximum absolute atomic E-state index is 14.9. The molecule has 0 saturated carbocycles. The van der Waals surface area contributed by atoms with E-state index in [0.29, 0.717) is 40.1 Å². The van der Waals surface area contributed by atoms with Crippen LogP contribution in [0.4, 0.5) is 15.9 Å². The van der Waals surface area contributed by atoms with Crippen molar-refractivity contribution in [3.8, 4) is 16.9 Å². The smallest absolute Gasteiger partial charge is 0.293 e. The van der Waals surface area contributed by atoms with Gasteiger partial charge in [0.25, 0.3) is 11.1 Å². The summed E-state index contributed by atoms with van der Waals surface area (Å²) in [6.45, 7) is 3.47. The first-order valence-corrected chi connectivity index (χ1v) is 12.2. The number of carbonyl (C=O) groups excluding carboxylic acids is 1. The van der Waals surface area contributed by atoms with Crippen LogP contribution in [0.15, 0.2) is 70.8 Å². The van der Waals surface area contributed by atoms with Crippen molar-refractivity contribution in [2.75, 3.05) is 5.32 Å². The van der Waals surface area contributed by atoms with Gasteiger partial charge in [0.1, 0.15) is 5.82 Å². The van der Waals surface area contributed by atoms with Crippen LogP contribution in [-0.4, -0.2) is 34.8 Å². The maximum Gasteiger partial charge on any atom is 0.293 e. The van der Waals surface area contributed by atoms with E-state index in [2.05, 4.69) is 15.4 Å². The molecule has 2 aromatic carbocycles. The van der Waals surface area contributed by atoms with Crippen molar-refractivity contribution in [1.29, 1.82) is 0 Å². The van der Waals surface area contributed by atoms with E-state index in [1.807, 2.05) is 6.92 Å². The van der Waals surface area contributed by atoms with Gasteiger partial charge in [0.2, 0.25) is 0 Å². The summed E-state index contributed by atoms with van der Waals surface area (Å²) in [5, 5.41) is 17.7. The highest BCUT2D eigenvalue weighted by Crippen LogP contribution is 2.28. The molecule has 5 rings (SSSR count). The lowest BCUT2D eigenvalue weighted by Gasteiger charge is -2.16. The van der Waals surface area contributed by atoms with Crippen molar-refractivity contribution in [3.63, 3.8) is 0 Å². The number of aromatic nitrogens is 5. The molecule has 3 heterocycles. The predicted octanol–water partition coefficient (Wildman–Crippen LogP) is 3.55. The third kappa shape index (κ3) is 4.64. The molecule has 0 radical (unpaired) electrons. The van der Waals surface area contributed by atoms with Crippen molar-refractivity contribution < 1.29 is 14.3 Å². The average Bonchev–Trinajstić information content (AvgIpc) is 3.38. The molecular weight excluding hydrogens is 503 g/mol. The SMILES string of the molecule is CCn1cc(Nc2nc(-c3cccc(-n4ccc5cc(C(C)=O)cc(F)c5c4=O)c3CO)cn(C)c2=O)cn1. The molecule has 0 aliphatic heterocycles. The Kier molecular flexibility index (Phi) is 6.67. The van der Waals surface area contributed by atoms with Crippen molar-refractivity contribution in [3.05, 3.63) is 98.8 Å². The molecule has 0 spiro atoms. The number of aliphatic hydroxyl groups is 1. The minimum atomic E-state index is -0.805. The van der Waals surface area contributed by atoms with E-state index < -0.39 is 18.0 Å². The molecule has 11 heteroatoms. The first-order chi connectivity index (χ1) is 18.7. The van der Waals surface area contributed by atoms with E-state index in [1.54, 1.807) is 48.4 Å². The molecule has 0 aliphatic rings. The van der Waals surface area contributed by atoms with Crippen LogP contribution < -0.4 is 16.4 Å². The van der Waals surface area contributed by atoms with Crippen LogP contribution in [-0.2, 0) is 20.2 Å². The van der Waals surface area contributed by atoms with E-state index in [0.717, 1.165) is 6.07 Å². The number of nitrogens with one attached hydrogen (secondary N) is 1. The van der Waals surface area contributed by atoms with Crippen molar-refractivity contribution in [2.45, 2.75) is 27.0 Å². The summed E-state index contributed by atoms with van der Waals surface area (Å²) in [4.78, 5) is 42.5. The number of ketones is 1. The minimum Gasteiger partial charge on any atom is -0.392 e. The van der Waals surface area contributed by atoms with Gasteiger partial charge in [-0.25, -0.2) is 9.37 Å². The molecule has 0 atom stereocenters. The number of nitrogens with zero attached hydrogens (tertiary/aromatic N) is 5. The zero-order valence-electron chi connectivity index (χ0n) is 21.5. The molecular formula is C28H25FN6O4. The van der Waals surface area contributed by atoms with E-state index in [1.165, 1.54) is 34.5 Å². The number of pyridine rings is 1. The van der Waals surface area contributed by atoms with Crippen LogP contribution in [0.5, 0.6) is 0 Å². The Bertz CT molecular complexity index is 1870. The third-order valence-electron chi connectivity index (χ3n) is 6.50.